The number of rotatable bonds is 5. The van der Waals surface area contributed by atoms with Crippen molar-refractivity contribution in [2.75, 3.05) is 15.8 Å². The summed E-state index contributed by atoms with van der Waals surface area (Å²) in [6, 6.07) is 6.96. The zero-order chi connectivity index (χ0) is 17.2. The van der Waals surface area contributed by atoms with Crippen LogP contribution in [-0.2, 0) is 10.0 Å². The van der Waals surface area contributed by atoms with E-state index in [1.807, 2.05) is 19.9 Å². The van der Waals surface area contributed by atoms with Crippen molar-refractivity contribution in [1.29, 1.82) is 0 Å². The van der Waals surface area contributed by atoms with Crippen LogP contribution < -0.4 is 10.0 Å². The minimum absolute atomic E-state index is 0.0156. The van der Waals surface area contributed by atoms with E-state index in [4.69, 9.17) is 0 Å². The highest BCUT2D eigenvalue weighted by atomic mass is 32.2. The molecule has 0 unspecified atom stereocenters. The van der Waals surface area contributed by atoms with Crippen LogP contribution in [0.15, 0.2) is 24.3 Å². The lowest BCUT2D eigenvalue weighted by atomic mass is 10.1. The van der Waals surface area contributed by atoms with Gasteiger partial charge in [0, 0.05) is 15.4 Å². The molecule has 0 aliphatic heterocycles. The highest BCUT2D eigenvalue weighted by molar-refractivity contribution is 7.92. The molecule has 0 radical (unpaired) electrons. The Morgan fingerprint density at radius 2 is 1.87 bits per heavy atom. The van der Waals surface area contributed by atoms with E-state index < -0.39 is 10.0 Å². The van der Waals surface area contributed by atoms with Gasteiger partial charge in [-0.25, -0.2) is 8.42 Å². The molecule has 2 rings (SSSR count). The molecular weight excluding hydrogens is 332 g/mol. The van der Waals surface area contributed by atoms with E-state index in [2.05, 4.69) is 10.0 Å². The molecule has 0 saturated heterocycles. The lowest BCUT2D eigenvalue weighted by Gasteiger charge is -2.11. The number of sulfonamides is 1. The molecule has 1 aromatic heterocycles. The summed E-state index contributed by atoms with van der Waals surface area (Å²) in [4.78, 5) is 14.4. The molecule has 0 spiro atoms. The van der Waals surface area contributed by atoms with Crippen LogP contribution >= 0.6 is 11.3 Å². The Balaban J connectivity index is 2.18. The summed E-state index contributed by atoms with van der Waals surface area (Å²) in [5, 5.41) is 2.85. The Hall–Kier alpha value is -1.86. The maximum atomic E-state index is 12.3. The fourth-order valence-electron chi connectivity index (χ4n) is 2.15. The summed E-state index contributed by atoms with van der Waals surface area (Å²) in [5.41, 5.74) is 2.57. The predicted molar refractivity (Wildman–Crippen MR) is 96.0 cm³/mol. The van der Waals surface area contributed by atoms with E-state index in [0.717, 1.165) is 15.3 Å². The number of hydrogen-bond acceptors (Lipinski definition) is 4. The summed E-state index contributed by atoms with van der Waals surface area (Å²) < 4.78 is 25.8. The standard InChI is InChI=1S/C16H20N2O3S2/c1-5-23(20,21)18-15-7-6-13(8-10(15)2)17-16(19)14-9-11(3)22-12(14)4/h6-9,18H,5H2,1-4H3,(H,17,19). The van der Waals surface area contributed by atoms with Crippen molar-refractivity contribution in [1.82, 2.24) is 0 Å². The summed E-state index contributed by atoms with van der Waals surface area (Å²) >= 11 is 1.59. The number of carbonyl (C=O) groups excluding carboxylic acids is 1. The summed E-state index contributed by atoms with van der Waals surface area (Å²) in [5.74, 6) is -0.144. The molecule has 1 aromatic carbocycles. The van der Waals surface area contributed by atoms with Crippen molar-refractivity contribution in [3.8, 4) is 0 Å². The first-order valence-electron chi connectivity index (χ1n) is 7.21. The molecule has 0 bridgehead atoms. The maximum absolute atomic E-state index is 12.3. The van der Waals surface area contributed by atoms with Gasteiger partial charge in [-0.2, -0.15) is 0 Å². The van der Waals surface area contributed by atoms with E-state index >= 15 is 0 Å². The summed E-state index contributed by atoms with van der Waals surface area (Å²) in [7, 11) is -3.31. The van der Waals surface area contributed by atoms with Crippen LogP contribution in [0, 0.1) is 20.8 Å². The monoisotopic (exact) mass is 352 g/mol. The van der Waals surface area contributed by atoms with Crippen LogP contribution in [0.25, 0.3) is 0 Å². The van der Waals surface area contributed by atoms with E-state index in [1.165, 1.54) is 0 Å². The summed E-state index contributed by atoms with van der Waals surface area (Å²) in [6.45, 7) is 7.26. The minimum atomic E-state index is -3.31. The van der Waals surface area contributed by atoms with Gasteiger partial charge in [-0.3, -0.25) is 9.52 Å². The van der Waals surface area contributed by atoms with Gasteiger partial charge in [0.15, 0.2) is 0 Å². The van der Waals surface area contributed by atoms with Crippen molar-refractivity contribution >= 4 is 38.6 Å². The predicted octanol–water partition coefficient (Wildman–Crippen LogP) is 3.69. The van der Waals surface area contributed by atoms with Crippen molar-refractivity contribution < 1.29 is 13.2 Å². The van der Waals surface area contributed by atoms with Gasteiger partial charge in [-0.15, -0.1) is 11.3 Å². The van der Waals surface area contributed by atoms with Gasteiger partial charge in [-0.05, 0) is 57.5 Å². The number of carbonyl (C=O) groups is 1. The van der Waals surface area contributed by atoms with Crippen LogP contribution in [0.4, 0.5) is 11.4 Å². The molecule has 0 aliphatic rings. The zero-order valence-electron chi connectivity index (χ0n) is 13.6. The normalized spacial score (nSPS) is 11.3. The molecule has 0 aliphatic carbocycles. The number of amides is 1. The van der Waals surface area contributed by atoms with Gasteiger partial charge in [0.2, 0.25) is 10.0 Å². The van der Waals surface area contributed by atoms with Gasteiger partial charge in [-0.1, -0.05) is 0 Å². The second-order valence-corrected chi connectivity index (χ2v) is 8.79. The first-order valence-corrected chi connectivity index (χ1v) is 9.68. The lowest BCUT2D eigenvalue weighted by molar-refractivity contribution is 0.102. The van der Waals surface area contributed by atoms with Crippen LogP contribution in [0.5, 0.6) is 0 Å². The Bertz CT molecular complexity index is 839. The highest BCUT2D eigenvalue weighted by Crippen LogP contribution is 2.24. The fourth-order valence-corrected chi connectivity index (χ4v) is 3.78. The third kappa shape index (κ3) is 4.33. The largest absolute Gasteiger partial charge is 0.322 e. The van der Waals surface area contributed by atoms with Crippen LogP contribution in [0.1, 0.15) is 32.6 Å². The van der Waals surface area contributed by atoms with Crippen molar-refractivity contribution in [3.05, 3.63) is 45.1 Å². The first-order chi connectivity index (χ1) is 10.7. The SMILES string of the molecule is CCS(=O)(=O)Nc1ccc(NC(=O)c2cc(C)sc2C)cc1C. The molecule has 0 fully saturated rings. The van der Waals surface area contributed by atoms with Crippen LogP contribution in [0.3, 0.4) is 0 Å². The van der Waals surface area contributed by atoms with E-state index in [0.29, 0.717) is 16.9 Å². The van der Waals surface area contributed by atoms with E-state index in [1.54, 1.807) is 43.4 Å². The molecule has 23 heavy (non-hydrogen) atoms. The number of aryl methyl sites for hydroxylation is 3. The molecule has 1 amide bonds. The first kappa shape index (κ1) is 17.5. The van der Waals surface area contributed by atoms with Crippen LogP contribution in [0.2, 0.25) is 0 Å². The van der Waals surface area contributed by atoms with E-state index in [9.17, 15) is 13.2 Å². The van der Waals surface area contributed by atoms with Gasteiger partial charge in [0.1, 0.15) is 0 Å². The highest BCUT2D eigenvalue weighted by Gasteiger charge is 2.13. The molecule has 5 nitrogen and oxygen atoms in total. The number of hydrogen-bond donors (Lipinski definition) is 2. The topological polar surface area (TPSA) is 75.3 Å². The fraction of sp³-hybridized carbons (Fsp3) is 0.312. The third-order valence-electron chi connectivity index (χ3n) is 3.42. The van der Waals surface area contributed by atoms with Gasteiger partial charge in [0.25, 0.3) is 5.91 Å². The Morgan fingerprint density at radius 1 is 1.17 bits per heavy atom. The van der Waals surface area contributed by atoms with Crippen molar-refractivity contribution in [2.24, 2.45) is 0 Å². The molecule has 1 heterocycles. The van der Waals surface area contributed by atoms with E-state index in [-0.39, 0.29) is 11.7 Å². The molecular formula is C16H20N2O3S2. The average Bonchev–Trinajstić information content (AvgIpc) is 2.81. The van der Waals surface area contributed by atoms with Crippen LogP contribution in [-0.4, -0.2) is 20.1 Å². The molecule has 0 atom stereocenters. The smallest absolute Gasteiger partial charge is 0.256 e. The van der Waals surface area contributed by atoms with Gasteiger partial charge in [0.05, 0.1) is 17.0 Å². The number of benzene rings is 1. The molecule has 0 saturated carbocycles. The molecule has 7 heteroatoms. The Kier molecular flexibility index (Phi) is 5.11. The van der Waals surface area contributed by atoms with Crippen molar-refractivity contribution in [3.63, 3.8) is 0 Å². The molecule has 2 aromatic rings. The van der Waals surface area contributed by atoms with Gasteiger partial charge >= 0.3 is 0 Å². The second-order valence-electron chi connectivity index (χ2n) is 5.32. The lowest BCUT2D eigenvalue weighted by Crippen LogP contribution is -2.16. The Labute approximate surface area is 140 Å². The minimum Gasteiger partial charge on any atom is -0.322 e. The van der Waals surface area contributed by atoms with Gasteiger partial charge < -0.3 is 5.32 Å². The summed E-state index contributed by atoms with van der Waals surface area (Å²) in [6.07, 6.45) is 0. The Morgan fingerprint density at radius 3 is 2.39 bits per heavy atom. The zero-order valence-corrected chi connectivity index (χ0v) is 15.2. The average molecular weight is 352 g/mol. The third-order valence-corrected chi connectivity index (χ3v) is 5.67. The number of thiophene rings is 1. The number of nitrogens with one attached hydrogen (secondary N) is 2. The molecule has 2 N–H and O–H groups in total. The second kappa shape index (κ2) is 6.72. The maximum Gasteiger partial charge on any atom is 0.256 e. The number of anilines is 2. The van der Waals surface area contributed by atoms with Crippen molar-refractivity contribution in [2.45, 2.75) is 27.7 Å². The quantitative estimate of drug-likeness (QED) is 0.862. The molecule has 124 valence electrons.